The van der Waals surface area contributed by atoms with Gasteiger partial charge in [-0.15, -0.1) is 0 Å². The summed E-state index contributed by atoms with van der Waals surface area (Å²) in [6, 6.07) is 11.1. The van der Waals surface area contributed by atoms with Crippen molar-refractivity contribution < 1.29 is 14.3 Å². The fourth-order valence-electron chi connectivity index (χ4n) is 1.77. The number of nitrogens with zero attached hydrogens (tertiary/aromatic N) is 1. The number of amides is 1. The molecule has 2 aromatic rings. The van der Waals surface area contributed by atoms with Crippen LogP contribution in [0.3, 0.4) is 0 Å². The topological polar surface area (TPSA) is 112 Å². The number of nitriles is 1. The molecule has 0 saturated carbocycles. The predicted molar refractivity (Wildman–Crippen MR) is 81.7 cm³/mol. The van der Waals surface area contributed by atoms with Gasteiger partial charge >= 0.3 is 5.97 Å². The quantitative estimate of drug-likeness (QED) is 0.829. The van der Waals surface area contributed by atoms with E-state index in [0.29, 0.717) is 11.3 Å². The van der Waals surface area contributed by atoms with Crippen molar-refractivity contribution in [3.8, 4) is 6.07 Å². The van der Waals surface area contributed by atoms with E-state index in [2.05, 4.69) is 10.3 Å². The Morgan fingerprint density at radius 1 is 1.30 bits per heavy atom. The molecular formula is C16H13N3O4. The molecule has 0 aliphatic carbocycles. The summed E-state index contributed by atoms with van der Waals surface area (Å²) in [5.74, 6) is -1.46. The van der Waals surface area contributed by atoms with Crippen molar-refractivity contribution in [3.05, 3.63) is 64.1 Å². The van der Waals surface area contributed by atoms with Crippen LogP contribution in [0.15, 0.2) is 47.4 Å². The van der Waals surface area contributed by atoms with Crippen LogP contribution < -0.4 is 10.9 Å². The molecule has 1 amide bonds. The second-order valence-electron chi connectivity index (χ2n) is 4.64. The highest BCUT2D eigenvalue weighted by Gasteiger charge is 2.20. The van der Waals surface area contributed by atoms with Gasteiger partial charge in [0.05, 0.1) is 11.6 Å². The molecule has 2 rings (SSSR count). The van der Waals surface area contributed by atoms with Gasteiger partial charge in [0.2, 0.25) is 0 Å². The fraction of sp³-hybridized carbons (Fsp3) is 0.125. The number of rotatable bonds is 4. The molecular weight excluding hydrogens is 298 g/mol. The van der Waals surface area contributed by atoms with Gasteiger partial charge in [-0.3, -0.25) is 9.59 Å². The Balaban J connectivity index is 2.03. The maximum atomic E-state index is 12.0. The molecule has 0 saturated heterocycles. The number of carbonyl (C=O) groups is 2. The summed E-state index contributed by atoms with van der Waals surface area (Å²) in [5.41, 5.74) is 0.0308. The summed E-state index contributed by atoms with van der Waals surface area (Å²) < 4.78 is 4.97. The number of nitrogens with one attached hydrogen (secondary N) is 2. The van der Waals surface area contributed by atoms with E-state index in [4.69, 9.17) is 10.00 Å². The minimum atomic E-state index is -1.10. The van der Waals surface area contributed by atoms with Crippen molar-refractivity contribution in [1.82, 2.24) is 4.98 Å². The molecule has 7 heteroatoms. The number of aromatic nitrogens is 1. The van der Waals surface area contributed by atoms with E-state index in [1.165, 1.54) is 31.3 Å². The molecule has 0 bridgehead atoms. The van der Waals surface area contributed by atoms with Gasteiger partial charge in [0, 0.05) is 11.9 Å². The summed E-state index contributed by atoms with van der Waals surface area (Å²) in [6.07, 6.45) is 0.282. The minimum Gasteiger partial charge on any atom is -0.449 e. The molecule has 7 nitrogen and oxygen atoms in total. The first kappa shape index (κ1) is 16.0. The summed E-state index contributed by atoms with van der Waals surface area (Å²) in [6.45, 7) is 1.39. The highest BCUT2D eigenvalue weighted by atomic mass is 16.5. The Morgan fingerprint density at radius 3 is 2.78 bits per heavy atom. The Hall–Kier alpha value is -3.40. The molecule has 1 aromatic carbocycles. The number of anilines is 1. The Kier molecular flexibility index (Phi) is 4.89. The van der Waals surface area contributed by atoms with Crippen molar-refractivity contribution in [2.24, 2.45) is 0 Å². The monoisotopic (exact) mass is 311 g/mol. The van der Waals surface area contributed by atoms with Gasteiger partial charge in [-0.2, -0.15) is 5.26 Å². The normalized spacial score (nSPS) is 11.1. The molecule has 1 aromatic heterocycles. The number of aromatic amines is 1. The predicted octanol–water partition coefficient (Wildman–Crippen LogP) is 1.43. The SMILES string of the molecule is C[C@H](OC(=O)c1ccc[nH]c1=O)C(=O)Nc1cccc(C#N)c1. The Labute approximate surface area is 131 Å². The van der Waals surface area contributed by atoms with Crippen LogP contribution in [0.4, 0.5) is 5.69 Å². The zero-order valence-electron chi connectivity index (χ0n) is 12.2. The molecule has 0 aliphatic rings. The maximum Gasteiger partial charge on any atom is 0.344 e. The van der Waals surface area contributed by atoms with Crippen LogP contribution in [0, 0.1) is 11.3 Å². The van der Waals surface area contributed by atoms with Crippen LogP contribution in [0.1, 0.15) is 22.8 Å². The van der Waals surface area contributed by atoms with Crippen LogP contribution in [0.2, 0.25) is 0 Å². The average Bonchev–Trinajstić information content (AvgIpc) is 2.55. The van der Waals surface area contributed by atoms with E-state index in [1.54, 1.807) is 18.2 Å². The molecule has 1 heterocycles. The van der Waals surface area contributed by atoms with Crippen molar-refractivity contribution in [2.45, 2.75) is 13.0 Å². The number of hydrogen-bond donors (Lipinski definition) is 2. The lowest BCUT2D eigenvalue weighted by Crippen LogP contribution is -2.31. The number of benzene rings is 1. The first-order chi connectivity index (χ1) is 11.0. The Morgan fingerprint density at radius 2 is 2.09 bits per heavy atom. The first-order valence-corrected chi connectivity index (χ1v) is 6.71. The Bertz CT molecular complexity index is 835. The maximum absolute atomic E-state index is 12.0. The molecule has 116 valence electrons. The number of ether oxygens (including phenoxy) is 1. The zero-order chi connectivity index (χ0) is 16.8. The first-order valence-electron chi connectivity index (χ1n) is 6.71. The van der Waals surface area contributed by atoms with Crippen LogP contribution in [0.5, 0.6) is 0 Å². The third-order valence-corrected chi connectivity index (χ3v) is 2.95. The number of esters is 1. The smallest absolute Gasteiger partial charge is 0.344 e. The van der Waals surface area contributed by atoms with Crippen molar-refractivity contribution in [2.75, 3.05) is 5.32 Å². The van der Waals surface area contributed by atoms with Crippen LogP contribution in [-0.4, -0.2) is 23.0 Å². The van der Waals surface area contributed by atoms with Gasteiger partial charge in [-0.1, -0.05) is 6.07 Å². The third kappa shape index (κ3) is 4.04. The molecule has 23 heavy (non-hydrogen) atoms. The third-order valence-electron chi connectivity index (χ3n) is 2.95. The zero-order valence-corrected chi connectivity index (χ0v) is 12.2. The van der Waals surface area contributed by atoms with E-state index in [-0.39, 0.29) is 5.56 Å². The summed E-state index contributed by atoms with van der Waals surface area (Å²) >= 11 is 0. The van der Waals surface area contributed by atoms with E-state index in [0.717, 1.165) is 0 Å². The van der Waals surface area contributed by atoms with Crippen LogP contribution >= 0.6 is 0 Å². The molecule has 0 unspecified atom stereocenters. The van der Waals surface area contributed by atoms with Crippen LogP contribution in [-0.2, 0) is 9.53 Å². The average molecular weight is 311 g/mol. The van der Waals surface area contributed by atoms with E-state index < -0.39 is 23.5 Å². The summed E-state index contributed by atoms with van der Waals surface area (Å²) in [5, 5.41) is 11.3. The molecule has 2 N–H and O–H groups in total. The number of carbonyl (C=O) groups excluding carboxylic acids is 2. The highest BCUT2D eigenvalue weighted by molar-refractivity contribution is 5.97. The summed E-state index contributed by atoms with van der Waals surface area (Å²) in [4.78, 5) is 37.7. The molecule has 0 spiro atoms. The van der Waals surface area contributed by atoms with Gasteiger partial charge in [0.1, 0.15) is 5.56 Å². The minimum absolute atomic E-state index is 0.182. The number of pyridine rings is 1. The van der Waals surface area contributed by atoms with Crippen molar-refractivity contribution >= 4 is 17.6 Å². The summed E-state index contributed by atoms with van der Waals surface area (Å²) in [7, 11) is 0. The fourth-order valence-corrected chi connectivity index (χ4v) is 1.77. The lowest BCUT2D eigenvalue weighted by molar-refractivity contribution is -0.123. The lowest BCUT2D eigenvalue weighted by atomic mass is 10.2. The highest BCUT2D eigenvalue weighted by Crippen LogP contribution is 2.11. The van der Waals surface area contributed by atoms with Gasteiger partial charge in [0.25, 0.3) is 11.5 Å². The largest absolute Gasteiger partial charge is 0.449 e. The van der Waals surface area contributed by atoms with Crippen LogP contribution in [0.25, 0.3) is 0 Å². The van der Waals surface area contributed by atoms with E-state index in [9.17, 15) is 14.4 Å². The van der Waals surface area contributed by atoms with E-state index in [1.807, 2.05) is 6.07 Å². The van der Waals surface area contributed by atoms with Gasteiger partial charge in [-0.25, -0.2) is 4.79 Å². The van der Waals surface area contributed by atoms with Crippen molar-refractivity contribution in [1.29, 1.82) is 5.26 Å². The molecule has 1 atom stereocenters. The molecule has 0 radical (unpaired) electrons. The number of hydrogen-bond acceptors (Lipinski definition) is 5. The molecule has 0 aliphatic heterocycles. The molecule has 0 fully saturated rings. The van der Waals surface area contributed by atoms with Gasteiger partial charge in [-0.05, 0) is 37.3 Å². The van der Waals surface area contributed by atoms with E-state index >= 15 is 0 Å². The second-order valence-corrected chi connectivity index (χ2v) is 4.64. The van der Waals surface area contributed by atoms with Crippen molar-refractivity contribution in [3.63, 3.8) is 0 Å². The number of H-pyrrole nitrogens is 1. The standard InChI is InChI=1S/C16H13N3O4/c1-10(23-16(22)13-6-3-7-18-15(13)21)14(20)19-12-5-2-4-11(8-12)9-17/h2-8,10H,1H3,(H,18,21)(H,19,20)/t10-/m0/s1. The lowest BCUT2D eigenvalue weighted by Gasteiger charge is -2.13. The van der Waals surface area contributed by atoms with Gasteiger partial charge in [0.15, 0.2) is 6.10 Å². The van der Waals surface area contributed by atoms with Gasteiger partial charge < -0.3 is 15.0 Å². The second kappa shape index (κ2) is 7.04.